The summed E-state index contributed by atoms with van der Waals surface area (Å²) < 4.78 is 6.02. The molecule has 1 heterocycles. The Balaban J connectivity index is 1.63. The normalized spacial score (nSPS) is 11.8. The number of benzene rings is 4. The average Bonchev–Trinajstić information content (AvgIpc) is 3.12. The summed E-state index contributed by atoms with van der Waals surface area (Å²) in [4.78, 5) is 0. The molecule has 5 rings (SSSR count). The summed E-state index contributed by atoms with van der Waals surface area (Å²) in [6, 6.07) is 31.7. The summed E-state index contributed by atoms with van der Waals surface area (Å²) in [5.41, 5.74) is 7.86. The molecule has 0 spiro atoms. The second-order valence-electron chi connectivity index (χ2n) is 8.81. The third kappa shape index (κ3) is 3.35. The van der Waals surface area contributed by atoms with E-state index in [-0.39, 0.29) is 5.41 Å². The van der Waals surface area contributed by atoms with Crippen molar-refractivity contribution in [3.05, 3.63) is 96.6 Å². The minimum Gasteiger partial charge on any atom is -0.456 e. The monoisotopic (exact) mass is 391 g/mol. The Kier molecular flexibility index (Phi) is 4.36. The van der Waals surface area contributed by atoms with Gasteiger partial charge in [-0.05, 0) is 64.6 Å². The van der Waals surface area contributed by atoms with Crippen LogP contribution in [0.15, 0.2) is 95.4 Å². The standard InChI is InChI=1S/C28H25NO/c1-28(2,3)25-18-21(29-20-9-5-4-6-10-20)14-15-22(25)19-13-16-27-24(17-19)23-11-7-8-12-26(23)30-27/h4-18,29H,1-3H3. The van der Waals surface area contributed by atoms with Crippen molar-refractivity contribution in [3.63, 3.8) is 0 Å². The van der Waals surface area contributed by atoms with Crippen LogP contribution in [0.25, 0.3) is 33.1 Å². The fourth-order valence-corrected chi connectivity index (χ4v) is 4.08. The van der Waals surface area contributed by atoms with E-state index in [1.165, 1.54) is 16.7 Å². The maximum absolute atomic E-state index is 6.02. The zero-order valence-corrected chi connectivity index (χ0v) is 17.6. The van der Waals surface area contributed by atoms with Crippen molar-refractivity contribution in [2.45, 2.75) is 26.2 Å². The lowest BCUT2D eigenvalue weighted by molar-refractivity contribution is 0.592. The highest BCUT2D eigenvalue weighted by Crippen LogP contribution is 2.38. The molecule has 2 heteroatoms. The van der Waals surface area contributed by atoms with Crippen LogP contribution in [-0.4, -0.2) is 0 Å². The summed E-state index contributed by atoms with van der Waals surface area (Å²) in [6.07, 6.45) is 0. The zero-order valence-electron chi connectivity index (χ0n) is 17.6. The van der Waals surface area contributed by atoms with E-state index >= 15 is 0 Å². The molecular weight excluding hydrogens is 366 g/mol. The van der Waals surface area contributed by atoms with Crippen LogP contribution < -0.4 is 5.32 Å². The maximum atomic E-state index is 6.02. The lowest BCUT2D eigenvalue weighted by atomic mass is 9.81. The molecule has 1 N–H and O–H groups in total. The quantitative estimate of drug-likeness (QED) is 0.334. The minimum atomic E-state index is 0.0110. The molecule has 2 nitrogen and oxygen atoms in total. The molecule has 0 atom stereocenters. The van der Waals surface area contributed by atoms with Gasteiger partial charge in [0.2, 0.25) is 0 Å². The van der Waals surface area contributed by atoms with E-state index in [4.69, 9.17) is 4.42 Å². The summed E-state index contributed by atoms with van der Waals surface area (Å²) >= 11 is 0. The molecule has 0 bridgehead atoms. The predicted molar refractivity (Wildman–Crippen MR) is 128 cm³/mol. The van der Waals surface area contributed by atoms with Crippen molar-refractivity contribution < 1.29 is 4.42 Å². The van der Waals surface area contributed by atoms with E-state index in [0.717, 1.165) is 33.3 Å². The maximum Gasteiger partial charge on any atom is 0.135 e. The van der Waals surface area contributed by atoms with E-state index < -0.39 is 0 Å². The average molecular weight is 392 g/mol. The van der Waals surface area contributed by atoms with Crippen molar-refractivity contribution in [1.29, 1.82) is 0 Å². The van der Waals surface area contributed by atoms with Gasteiger partial charge >= 0.3 is 0 Å². The van der Waals surface area contributed by atoms with Crippen LogP contribution in [0.3, 0.4) is 0 Å². The zero-order chi connectivity index (χ0) is 20.7. The van der Waals surface area contributed by atoms with Gasteiger partial charge in [-0.2, -0.15) is 0 Å². The van der Waals surface area contributed by atoms with Gasteiger partial charge in [0.15, 0.2) is 0 Å². The van der Waals surface area contributed by atoms with E-state index in [2.05, 4.69) is 86.8 Å². The first kappa shape index (κ1) is 18.5. The molecule has 0 unspecified atom stereocenters. The number of fused-ring (bicyclic) bond motifs is 3. The number of hydrogen-bond donors (Lipinski definition) is 1. The molecular formula is C28H25NO. The summed E-state index contributed by atoms with van der Waals surface area (Å²) in [5.74, 6) is 0. The van der Waals surface area contributed by atoms with Crippen LogP contribution in [0.4, 0.5) is 11.4 Å². The second-order valence-corrected chi connectivity index (χ2v) is 8.81. The van der Waals surface area contributed by atoms with Gasteiger partial charge in [0.25, 0.3) is 0 Å². The Bertz CT molecular complexity index is 1340. The smallest absolute Gasteiger partial charge is 0.135 e. The molecule has 5 aromatic rings. The van der Waals surface area contributed by atoms with E-state index in [1.54, 1.807) is 0 Å². The van der Waals surface area contributed by atoms with Crippen molar-refractivity contribution in [2.75, 3.05) is 5.32 Å². The van der Waals surface area contributed by atoms with Crippen LogP contribution in [0.1, 0.15) is 26.3 Å². The lowest BCUT2D eigenvalue weighted by Gasteiger charge is -2.24. The van der Waals surface area contributed by atoms with Gasteiger partial charge in [0.05, 0.1) is 0 Å². The molecule has 30 heavy (non-hydrogen) atoms. The van der Waals surface area contributed by atoms with Crippen LogP contribution in [0, 0.1) is 0 Å². The summed E-state index contributed by atoms with van der Waals surface area (Å²) in [6.45, 7) is 6.80. The Morgan fingerprint density at radius 2 is 1.37 bits per heavy atom. The van der Waals surface area contributed by atoms with E-state index in [0.29, 0.717) is 0 Å². The second kappa shape index (κ2) is 7.07. The topological polar surface area (TPSA) is 25.2 Å². The minimum absolute atomic E-state index is 0.0110. The van der Waals surface area contributed by atoms with Crippen molar-refractivity contribution >= 4 is 33.3 Å². The third-order valence-corrected chi connectivity index (χ3v) is 5.58. The Hall–Kier alpha value is -3.52. The van der Waals surface area contributed by atoms with Crippen molar-refractivity contribution in [1.82, 2.24) is 0 Å². The molecule has 0 radical (unpaired) electrons. The fraction of sp³-hybridized carbons (Fsp3) is 0.143. The highest BCUT2D eigenvalue weighted by Gasteiger charge is 2.20. The number of rotatable bonds is 3. The summed E-state index contributed by atoms with van der Waals surface area (Å²) in [5, 5.41) is 5.85. The van der Waals surface area contributed by atoms with Crippen LogP contribution in [-0.2, 0) is 5.41 Å². The molecule has 0 aliphatic carbocycles. The first-order valence-corrected chi connectivity index (χ1v) is 10.4. The van der Waals surface area contributed by atoms with Crippen LogP contribution >= 0.6 is 0 Å². The molecule has 4 aromatic carbocycles. The largest absolute Gasteiger partial charge is 0.456 e. The number of anilines is 2. The van der Waals surface area contributed by atoms with Gasteiger partial charge in [0, 0.05) is 22.1 Å². The van der Waals surface area contributed by atoms with Gasteiger partial charge in [-0.3, -0.25) is 0 Å². The molecule has 1 aromatic heterocycles. The van der Waals surface area contributed by atoms with Gasteiger partial charge in [0.1, 0.15) is 11.2 Å². The summed E-state index contributed by atoms with van der Waals surface area (Å²) in [7, 11) is 0. The molecule has 0 fully saturated rings. The number of para-hydroxylation sites is 2. The Morgan fingerprint density at radius 3 is 2.17 bits per heavy atom. The van der Waals surface area contributed by atoms with Gasteiger partial charge < -0.3 is 9.73 Å². The van der Waals surface area contributed by atoms with E-state index in [9.17, 15) is 0 Å². The molecule has 0 aliphatic rings. The number of hydrogen-bond acceptors (Lipinski definition) is 2. The third-order valence-electron chi connectivity index (χ3n) is 5.58. The predicted octanol–water partition coefficient (Wildman–Crippen LogP) is 8.29. The highest BCUT2D eigenvalue weighted by atomic mass is 16.3. The van der Waals surface area contributed by atoms with E-state index in [1.807, 2.05) is 30.3 Å². The molecule has 0 saturated heterocycles. The molecule has 0 amide bonds. The van der Waals surface area contributed by atoms with Gasteiger partial charge in [-0.25, -0.2) is 0 Å². The highest BCUT2D eigenvalue weighted by molar-refractivity contribution is 6.06. The van der Waals surface area contributed by atoms with Crippen LogP contribution in [0.5, 0.6) is 0 Å². The van der Waals surface area contributed by atoms with Crippen LogP contribution in [0.2, 0.25) is 0 Å². The SMILES string of the molecule is CC(C)(C)c1cc(Nc2ccccc2)ccc1-c1ccc2oc3ccccc3c2c1. The molecule has 0 saturated carbocycles. The Labute approximate surface area is 177 Å². The fourth-order valence-electron chi connectivity index (χ4n) is 4.08. The van der Waals surface area contributed by atoms with Gasteiger partial charge in [-0.15, -0.1) is 0 Å². The molecule has 148 valence electrons. The lowest BCUT2D eigenvalue weighted by Crippen LogP contribution is -2.13. The first-order valence-electron chi connectivity index (χ1n) is 10.4. The van der Waals surface area contributed by atoms with Crippen molar-refractivity contribution in [3.8, 4) is 11.1 Å². The first-order chi connectivity index (χ1) is 14.5. The Morgan fingerprint density at radius 1 is 0.633 bits per heavy atom. The number of nitrogens with one attached hydrogen (secondary N) is 1. The molecule has 0 aliphatic heterocycles. The number of furan rings is 1. The van der Waals surface area contributed by atoms with Crippen molar-refractivity contribution in [2.24, 2.45) is 0 Å². The van der Waals surface area contributed by atoms with Gasteiger partial charge in [-0.1, -0.05) is 69.3 Å².